The van der Waals surface area contributed by atoms with Crippen molar-refractivity contribution in [2.45, 2.75) is 130 Å². The minimum atomic E-state index is -0.944. The van der Waals surface area contributed by atoms with Crippen LogP contribution < -0.4 is 32.8 Å². The molecule has 0 radical (unpaired) electrons. The highest BCUT2D eigenvalue weighted by atomic mass is 32.1. The van der Waals surface area contributed by atoms with E-state index < -0.39 is 28.7 Å². The molecule has 6 aromatic rings. The molecule has 2 fully saturated rings. The Kier molecular flexibility index (Phi) is 20.9. The molecule has 73 heavy (non-hydrogen) atoms. The Balaban J connectivity index is 0.000000210. The van der Waals surface area contributed by atoms with Crippen molar-refractivity contribution < 1.29 is 33.1 Å². The second-order valence-electron chi connectivity index (χ2n) is 18.0. The summed E-state index contributed by atoms with van der Waals surface area (Å²) in [6.07, 6.45) is 17.8. The fourth-order valence-electron chi connectivity index (χ4n) is 7.39. The molecule has 0 atom stereocenters. The van der Waals surface area contributed by atoms with E-state index in [0.29, 0.717) is 93.0 Å². The van der Waals surface area contributed by atoms with Crippen molar-refractivity contribution in [3.63, 3.8) is 0 Å². The predicted molar refractivity (Wildman–Crippen MR) is 272 cm³/mol. The number of nitrogens with two attached hydrogens (primary N) is 1. The molecule has 2 saturated carbocycles. The fourth-order valence-corrected chi connectivity index (χ4v) is 8.99. The van der Waals surface area contributed by atoms with Crippen LogP contribution in [0.3, 0.4) is 0 Å². The number of amides is 3. The van der Waals surface area contributed by atoms with E-state index in [2.05, 4.69) is 46.3 Å². The number of anilines is 2. The second kappa shape index (κ2) is 27.6. The van der Waals surface area contributed by atoms with E-state index in [1.54, 1.807) is 12.4 Å². The van der Waals surface area contributed by atoms with Gasteiger partial charge in [-0.3, -0.25) is 38.7 Å². The molecule has 2 aliphatic rings. The molecule has 0 aliphatic heterocycles. The zero-order valence-electron chi connectivity index (χ0n) is 40.8. The lowest BCUT2D eigenvalue weighted by Gasteiger charge is -2.24. The van der Waals surface area contributed by atoms with Gasteiger partial charge in [0.2, 0.25) is 27.6 Å². The second-order valence-corrected chi connectivity index (χ2v) is 20.1. The maximum atomic E-state index is 14.5. The Morgan fingerprint density at radius 3 is 1.59 bits per heavy atom. The molecule has 0 bridgehead atoms. The number of carboxylic acids is 1. The number of aryl methyl sites for hydroxylation is 6. The van der Waals surface area contributed by atoms with Crippen molar-refractivity contribution in [3.05, 3.63) is 136 Å². The smallest absolute Gasteiger partial charge is 0.303 e. The van der Waals surface area contributed by atoms with Crippen LogP contribution in [-0.2, 0) is 48.6 Å². The predicted octanol–water partition coefficient (Wildman–Crippen LogP) is 6.96. The maximum absolute atomic E-state index is 14.5. The number of halogens is 2. The Morgan fingerprint density at radius 2 is 1.15 bits per heavy atom. The number of aliphatic carboxylic acids is 1. The molecule has 2 aliphatic carbocycles. The lowest BCUT2D eigenvalue weighted by atomic mass is 9.83. The number of nitrogens with zero attached hydrogens (tertiary/aromatic N) is 8. The van der Waals surface area contributed by atoms with Crippen LogP contribution in [0.2, 0.25) is 0 Å². The molecule has 388 valence electrons. The highest BCUT2D eigenvalue weighted by Crippen LogP contribution is 2.30. The minimum Gasteiger partial charge on any atom is -0.481 e. The number of hydrogen-bond acceptors (Lipinski definition) is 15. The van der Waals surface area contributed by atoms with Gasteiger partial charge in [0.25, 0.3) is 22.9 Å². The van der Waals surface area contributed by atoms with Crippen LogP contribution >= 0.6 is 22.7 Å². The van der Waals surface area contributed by atoms with Crippen LogP contribution in [0.5, 0.6) is 0 Å². The van der Waals surface area contributed by atoms with E-state index in [1.165, 1.54) is 62.8 Å². The van der Waals surface area contributed by atoms with Crippen molar-refractivity contribution in [1.82, 2.24) is 50.1 Å². The first-order valence-corrected chi connectivity index (χ1v) is 25.8. The Labute approximate surface area is 428 Å². The molecule has 0 spiro atoms. The van der Waals surface area contributed by atoms with Crippen molar-refractivity contribution in [1.29, 1.82) is 0 Å². The van der Waals surface area contributed by atoms with Crippen LogP contribution in [0, 0.1) is 37.3 Å². The maximum Gasteiger partial charge on any atom is 0.303 e. The van der Waals surface area contributed by atoms with Gasteiger partial charge in [-0.1, -0.05) is 47.6 Å². The third-order valence-electron chi connectivity index (χ3n) is 12.2. The average Bonchev–Trinajstić information content (AvgIpc) is 4.04. The van der Waals surface area contributed by atoms with Crippen molar-refractivity contribution in [3.8, 4) is 0 Å². The zero-order valence-corrected chi connectivity index (χ0v) is 42.4. The van der Waals surface area contributed by atoms with Gasteiger partial charge in [0.15, 0.2) is 0 Å². The minimum absolute atomic E-state index is 0.0705. The third-order valence-corrected chi connectivity index (χ3v) is 14.1. The molecule has 6 heterocycles. The van der Waals surface area contributed by atoms with Crippen LogP contribution in [-0.4, -0.2) is 68.3 Å². The first-order chi connectivity index (χ1) is 35.1. The molecule has 0 aromatic carbocycles. The zero-order chi connectivity index (χ0) is 52.3. The Hall–Kier alpha value is -7.14. The summed E-state index contributed by atoms with van der Waals surface area (Å²) in [5, 5.41) is 34.5. The summed E-state index contributed by atoms with van der Waals surface area (Å²) in [4.78, 5) is 79.1. The van der Waals surface area contributed by atoms with Gasteiger partial charge < -0.3 is 35.9 Å². The fraction of sp³-hybridized carbons (Fsp3) is 0.440. The molecule has 23 heteroatoms. The number of unbranched alkanes of at least 4 members (excludes halogenated alkanes) is 2. The van der Waals surface area contributed by atoms with E-state index in [0.717, 1.165) is 71.1 Å². The number of nitrogen functional groups attached to an aromatic ring is 1. The molecule has 3 amide bonds. The van der Waals surface area contributed by atoms with Crippen LogP contribution in [0.1, 0.15) is 129 Å². The Morgan fingerprint density at radius 1 is 0.671 bits per heavy atom. The largest absolute Gasteiger partial charge is 0.481 e. The summed E-state index contributed by atoms with van der Waals surface area (Å²) in [5.74, 6) is -2.47. The highest BCUT2D eigenvalue weighted by molar-refractivity contribution is 7.13. The van der Waals surface area contributed by atoms with Gasteiger partial charge in [-0.15, -0.1) is 20.4 Å². The number of carbonyl (C=O) groups excluding carboxylic acids is 3. The van der Waals surface area contributed by atoms with Gasteiger partial charge in [0, 0.05) is 88.0 Å². The normalized spacial score (nSPS) is 13.0. The summed E-state index contributed by atoms with van der Waals surface area (Å²) >= 11 is 2.47. The van der Waals surface area contributed by atoms with Gasteiger partial charge in [-0.05, 0) is 112 Å². The van der Waals surface area contributed by atoms with E-state index in [4.69, 9.17) is 10.8 Å². The molecular weight excluding hydrogens is 983 g/mol. The molecule has 6 N–H and O–H groups in total. The topological polar surface area (TPSA) is 272 Å². The number of nitrogens with one attached hydrogen (secondary N) is 3. The number of pyridine rings is 4. The number of carboxylic acid groups (broad SMARTS) is 1. The number of carbonyl (C=O) groups is 4. The molecule has 0 unspecified atom stereocenters. The highest BCUT2D eigenvalue weighted by Gasteiger charge is 2.22. The first-order valence-electron chi connectivity index (χ1n) is 24.2. The number of aromatic nitrogens is 8. The van der Waals surface area contributed by atoms with Crippen molar-refractivity contribution >= 4 is 57.7 Å². The lowest BCUT2D eigenvalue weighted by molar-refractivity contribution is -0.138. The lowest BCUT2D eigenvalue weighted by Crippen LogP contribution is -2.26. The van der Waals surface area contributed by atoms with Gasteiger partial charge in [-0.25, -0.2) is 0 Å². The molecule has 6 aromatic heterocycles. The summed E-state index contributed by atoms with van der Waals surface area (Å²) in [6.45, 7) is 5.24. The third kappa shape index (κ3) is 17.5. The van der Waals surface area contributed by atoms with Crippen molar-refractivity contribution in [2.24, 2.45) is 11.8 Å². The van der Waals surface area contributed by atoms with E-state index in [1.807, 2.05) is 38.1 Å². The standard InChI is InChI=1S/C25H29FN6O3S.C19H21FN6O2S.C6H10O2/c1-16-8-9-18(14-27-16)15-28-23(34)24-31-30-21(36-24)7-2-3-11-32-12-10-19(22(26)25(32)35)29-20(33)13-17-5-4-6-17;1-12-5-6-13(10-22-12)11-23-17(27)18-25-24-15(29-18)4-2-3-8-26-9-7-14(21)16(20)19(26)28;7-6(8)4-5-2-1-3-5/h8-10,12,14,17H,2-7,11,13,15H2,1H3,(H,28,34)(H,29,33);5-7,9-10H,2-4,8,11,21H2,1H3,(H,23,27);5H,1-4H2,(H,7,8). The van der Waals surface area contributed by atoms with Crippen LogP contribution in [0.15, 0.2) is 70.8 Å². The molecule has 8 rings (SSSR count). The van der Waals surface area contributed by atoms with Crippen LogP contribution in [0.4, 0.5) is 20.2 Å². The van der Waals surface area contributed by atoms with E-state index >= 15 is 0 Å². The monoisotopic (exact) mass is 1040 g/mol. The summed E-state index contributed by atoms with van der Waals surface area (Å²) in [6, 6.07) is 10.4. The molecule has 19 nitrogen and oxygen atoms in total. The molecular formula is C50H60F2N12O7S2. The SMILES string of the molecule is Cc1ccc(CNC(=O)c2nnc(CCCCn3ccc(N)c(F)c3=O)s2)cn1.Cc1ccc(CNC(=O)c2nnc(CCCCn3ccc(NC(=O)CC4CCC4)c(F)c3=O)s2)cn1.O=C(O)CC1CCC1. The molecule has 0 saturated heterocycles. The van der Waals surface area contributed by atoms with Gasteiger partial charge in [0.05, 0.1) is 11.4 Å². The number of hydrogen-bond donors (Lipinski definition) is 5. The van der Waals surface area contributed by atoms with Gasteiger partial charge >= 0.3 is 5.97 Å². The van der Waals surface area contributed by atoms with Crippen LogP contribution in [0.25, 0.3) is 0 Å². The van der Waals surface area contributed by atoms with E-state index in [9.17, 15) is 37.5 Å². The first kappa shape index (κ1) is 55.2. The summed E-state index contributed by atoms with van der Waals surface area (Å²) in [7, 11) is 0. The van der Waals surface area contributed by atoms with Gasteiger partial charge in [-0.2, -0.15) is 8.78 Å². The Bertz CT molecular complexity index is 2920. The average molecular weight is 1040 g/mol. The number of rotatable bonds is 21. The quantitative estimate of drug-likeness (QED) is 0.0456. The summed E-state index contributed by atoms with van der Waals surface area (Å²) < 4.78 is 30.6. The van der Waals surface area contributed by atoms with E-state index in [-0.39, 0.29) is 29.1 Å². The van der Waals surface area contributed by atoms with Crippen molar-refractivity contribution in [2.75, 3.05) is 11.1 Å². The van der Waals surface area contributed by atoms with Gasteiger partial charge in [0.1, 0.15) is 10.0 Å². The summed E-state index contributed by atoms with van der Waals surface area (Å²) in [5.41, 5.74) is 7.31.